The standard InChI is InChI=1S/C13H18N2O2Si/c1-2-8-4-3-5-10-9(7-14-12(8)10)6-11(15-18)13(16)17/h3-5,7,11,14-15H,2,6H2,1,18H3,(H,16,17). The summed E-state index contributed by atoms with van der Waals surface area (Å²) in [5.41, 5.74) is 3.47. The van der Waals surface area contributed by atoms with Gasteiger partial charge in [-0.1, -0.05) is 25.1 Å². The van der Waals surface area contributed by atoms with Crippen LogP contribution in [0.3, 0.4) is 0 Å². The van der Waals surface area contributed by atoms with Gasteiger partial charge >= 0.3 is 5.97 Å². The van der Waals surface area contributed by atoms with Crippen LogP contribution in [0.25, 0.3) is 10.9 Å². The summed E-state index contributed by atoms with van der Waals surface area (Å²) in [6.45, 7) is 2.12. The first-order chi connectivity index (χ1) is 8.67. The highest BCUT2D eigenvalue weighted by Crippen LogP contribution is 2.23. The number of carboxylic acid groups (broad SMARTS) is 1. The van der Waals surface area contributed by atoms with E-state index < -0.39 is 12.0 Å². The van der Waals surface area contributed by atoms with Crippen LogP contribution in [0.2, 0.25) is 0 Å². The van der Waals surface area contributed by atoms with Gasteiger partial charge in [0.05, 0.1) is 10.4 Å². The number of benzene rings is 1. The van der Waals surface area contributed by atoms with Crippen molar-refractivity contribution in [1.29, 1.82) is 0 Å². The lowest BCUT2D eigenvalue weighted by Crippen LogP contribution is -2.36. The summed E-state index contributed by atoms with van der Waals surface area (Å²) >= 11 is 0. The molecule has 2 aromatic rings. The molecule has 0 saturated carbocycles. The quantitative estimate of drug-likeness (QED) is 0.691. The fraction of sp³-hybridized carbons (Fsp3) is 0.308. The smallest absolute Gasteiger partial charge is 0.320 e. The molecule has 3 N–H and O–H groups in total. The Morgan fingerprint density at radius 1 is 1.50 bits per heavy atom. The number of hydrogen-bond donors (Lipinski definition) is 3. The van der Waals surface area contributed by atoms with Crippen LogP contribution < -0.4 is 4.98 Å². The number of carbonyl (C=O) groups is 1. The average Bonchev–Trinajstić information content (AvgIpc) is 2.78. The maximum Gasteiger partial charge on any atom is 0.320 e. The highest BCUT2D eigenvalue weighted by Gasteiger charge is 2.17. The minimum atomic E-state index is -0.786. The van der Waals surface area contributed by atoms with Crippen LogP contribution in [-0.2, 0) is 17.6 Å². The molecule has 5 heteroatoms. The Kier molecular flexibility index (Phi) is 3.83. The van der Waals surface area contributed by atoms with E-state index in [2.05, 4.69) is 23.0 Å². The zero-order valence-corrected chi connectivity index (χ0v) is 12.7. The van der Waals surface area contributed by atoms with Crippen molar-refractivity contribution in [2.45, 2.75) is 25.8 Å². The molecule has 4 nitrogen and oxygen atoms in total. The van der Waals surface area contributed by atoms with Gasteiger partial charge in [0.2, 0.25) is 0 Å². The second kappa shape index (κ2) is 5.37. The van der Waals surface area contributed by atoms with Crippen molar-refractivity contribution in [3.05, 3.63) is 35.5 Å². The van der Waals surface area contributed by atoms with Crippen LogP contribution in [0, 0.1) is 0 Å². The van der Waals surface area contributed by atoms with Crippen LogP contribution in [0.1, 0.15) is 18.1 Å². The number of aromatic nitrogens is 1. The van der Waals surface area contributed by atoms with Gasteiger partial charge in [-0.3, -0.25) is 4.79 Å². The van der Waals surface area contributed by atoms with Crippen LogP contribution in [-0.4, -0.2) is 32.5 Å². The Morgan fingerprint density at radius 2 is 2.28 bits per heavy atom. The molecule has 1 atom stereocenters. The molecular formula is C13H18N2O2Si. The largest absolute Gasteiger partial charge is 0.480 e. The lowest BCUT2D eigenvalue weighted by molar-refractivity contribution is -0.138. The van der Waals surface area contributed by atoms with E-state index in [1.54, 1.807) is 0 Å². The van der Waals surface area contributed by atoms with Gasteiger partial charge in [-0.05, 0) is 24.0 Å². The van der Waals surface area contributed by atoms with E-state index in [1.807, 2.05) is 18.3 Å². The normalized spacial score (nSPS) is 12.9. The molecule has 1 aromatic heterocycles. The summed E-state index contributed by atoms with van der Waals surface area (Å²) in [5, 5.41) is 10.2. The fourth-order valence-corrected chi connectivity index (χ4v) is 2.72. The number of aliphatic carboxylic acids is 1. The molecule has 18 heavy (non-hydrogen) atoms. The van der Waals surface area contributed by atoms with E-state index in [1.165, 1.54) is 5.56 Å². The molecule has 2 rings (SSSR count). The first kappa shape index (κ1) is 12.9. The third-order valence-corrected chi connectivity index (χ3v) is 4.04. The Hall–Kier alpha value is -1.59. The van der Waals surface area contributed by atoms with Crippen molar-refractivity contribution >= 4 is 27.3 Å². The van der Waals surface area contributed by atoms with Crippen molar-refractivity contribution in [2.24, 2.45) is 0 Å². The van der Waals surface area contributed by atoms with Crippen molar-refractivity contribution in [3.63, 3.8) is 0 Å². The van der Waals surface area contributed by atoms with E-state index in [9.17, 15) is 4.79 Å². The minimum absolute atomic E-state index is 0.485. The number of aromatic amines is 1. The van der Waals surface area contributed by atoms with Gasteiger partial charge in [-0.2, -0.15) is 0 Å². The van der Waals surface area contributed by atoms with E-state index in [4.69, 9.17) is 5.11 Å². The number of carboxylic acids is 1. The molecule has 0 fully saturated rings. The predicted molar refractivity (Wildman–Crippen MR) is 75.9 cm³/mol. The number of nitrogens with one attached hydrogen (secondary N) is 2. The molecule has 96 valence electrons. The maximum absolute atomic E-state index is 11.1. The summed E-state index contributed by atoms with van der Waals surface area (Å²) < 4.78 is 0. The lowest BCUT2D eigenvalue weighted by Gasteiger charge is -2.10. The van der Waals surface area contributed by atoms with Crippen LogP contribution in [0.15, 0.2) is 24.4 Å². The van der Waals surface area contributed by atoms with Gasteiger partial charge in [0.15, 0.2) is 0 Å². The summed E-state index contributed by atoms with van der Waals surface area (Å²) in [4.78, 5) is 17.3. The van der Waals surface area contributed by atoms with Crippen molar-refractivity contribution in [2.75, 3.05) is 0 Å². The highest BCUT2D eigenvalue weighted by atomic mass is 28.2. The topological polar surface area (TPSA) is 65.1 Å². The third-order valence-electron chi connectivity index (χ3n) is 3.34. The van der Waals surface area contributed by atoms with Crippen LogP contribution in [0.4, 0.5) is 0 Å². The minimum Gasteiger partial charge on any atom is -0.480 e. The van der Waals surface area contributed by atoms with Crippen molar-refractivity contribution in [3.8, 4) is 0 Å². The molecular weight excluding hydrogens is 244 g/mol. The van der Waals surface area contributed by atoms with Crippen LogP contribution in [0.5, 0.6) is 0 Å². The first-order valence-corrected chi connectivity index (χ1v) is 7.15. The Balaban J connectivity index is 2.38. The molecule has 0 aliphatic rings. The van der Waals surface area contributed by atoms with E-state index in [0.29, 0.717) is 16.8 Å². The van der Waals surface area contributed by atoms with Crippen molar-refractivity contribution < 1.29 is 9.90 Å². The molecule has 0 aliphatic heterocycles. The van der Waals surface area contributed by atoms with Crippen LogP contribution >= 0.6 is 0 Å². The van der Waals surface area contributed by atoms with Gasteiger partial charge in [0.25, 0.3) is 0 Å². The summed E-state index contributed by atoms with van der Waals surface area (Å²) in [7, 11) is 0.678. The summed E-state index contributed by atoms with van der Waals surface area (Å²) in [6.07, 6.45) is 3.42. The zero-order valence-electron chi connectivity index (χ0n) is 10.7. The molecule has 0 amide bonds. The Morgan fingerprint density at radius 3 is 2.89 bits per heavy atom. The zero-order chi connectivity index (χ0) is 13.1. The monoisotopic (exact) mass is 262 g/mol. The molecule has 1 aromatic carbocycles. The highest BCUT2D eigenvalue weighted by molar-refractivity contribution is 6.06. The summed E-state index contributed by atoms with van der Waals surface area (Å²) in [5.74, 6) is -0.786. The number of aryl methyl sites for hydroxylation is 1. The Bertz CT molecular complexity index is 565. The number of hydrogen-bond acceptors (Lipinski definition) is 2. The van der Waals surface area contributed by atoms with Gasteiger partial charge in [0.1, 0.15) is 6.04 Å². The molecule has 0 saturated heterocycles. The molecule has 0 aliphatic carbocycles. The van der Waals surface area contributed by atoms with Gasteiger partial charge in [-0.25, -0.2) is 0 Å². The molecule has 0 spiro atoms. The van der Waals surface area contributed by atoms with E-state index in [-0.39, 0.29) is 0 Å². The van der Waals surface area contributed by atoms with E-state index >= 15 is 0 Å². The van der Waals surface area contributed by atoms with Gasteiger partial charge < -0.3 is 15.1 Å². The first-order valence-electron chi connectivity index (χ1n) is 6.15. The predicted octanol–water partition coefficient (Wildman–Crippen LogP) is 0.596. The maximum atomic E-state index is 11.1. The SMILES string of the molecule is CCc1cccc2c(CC(N[SiH3])C(=O)O)c[nH]c12. The van der Waals surface area contributed by atoms with Gasteiger partial charge in [-0.15, -0.1) is 0 Å². The van der Waals surface area contributed by atoms with E-state index in [0.717, 1.165) is 22.9 Å². The molecule has 1 heterocycles. The fourth-order valence-electron chi connectivity index (χ4n) is 2.27. The van der Waals surface area contributed by atoms with Crippen molar-refractivity contribution in [1.82, 2.24) is 9.97 Å². The summed E-state index contributed by atoms with van der Waals surface area (Å²) in [6, 6.07) is 5.69. The van der Waals surface area contributed by atoms with Gasteiger partial charge in [0, 0.05) is 17.1 Å². The number of para-hydroxylation sites is 1. The second-order valence-electron chi connectivity index (χ2n) is 4.39. The lowest BCUT2D eigenvalue weighted by atomic mass is 10.0. The number of H-pyrrole nitrogens is 1. The second-order valence-corrected chi connectivity index (χ2v) is 4.97. The average molecular weight is 262 g/mol. The molecule has 0 bridgehead atoms. The molecule has 0 radical (unpaired) electrons. The number of fused-ring (bicyclic) bond motifs is 1. The number of rotatable bonds is 5. The molecule has 1 unspecified atom stereocenters. The Labute approximate surface area is 109 Å². The third kappa shape index (κ3) is 2.32.